The van der Waals surface area contributed by atoms with Gasteiger partial charge in [0, 0.05) is 18.3 Å². The molecule has 1 aromatic carbocycles. The third-order valence-corrected chi connectivity index (χ3v) is 2.70. The van der Waals surface area contributed by atoms with Crippen LogP contribution in [0.3, 0.4) is 0 Å². The summed E-state index contributed by atoms with van der Waals surface area (Å²) in [5.74, 6) is 0.485. The second-order valence-electron chi connectivity index (χ2n) is 4.92. The Morgan fingerprint density at radius 1 is 1.30 bits per heavy atom. The fourth-order valence-electron chi connectivity index (χ4n) is 1.97. The monoisotopic (exact) mass is 281 g/mol. The number of ether oxygens (including phenoxy) is 1. The molecule has 1 aromatic heterocycles. The first-order chi connectivity index (χ1) is 9.47. The van der Waals surface area contributed by atoms with Crippen LogP contribution in [-0.4, -0.2) is 16.4 Å². The van der Waals surface area contributed by atoms with Crippen molar-refractivity contribution in [3.63, 3.8) is 0 Å². The van der Waals surface area contributed by atoms with Crippen molar-refractivity contribution >= 4 is 5.69 Å². The van der Waals surface area contributed by atoms with Crippen LogP contribution < -0.4 is 10.5 Å². The lowest BCUT2D eigenvalue weighted by atomic mass is 10.1. The Morgan fingerprint density at radius 2 is 2.00 bits per heavy atom. The highest BCUT2D eigenvalue weighted by atomic mass is 19.3. The van der Waals surface area contributed by atoms with Crippen molar-refractivity contribution in [1.82, 2.24) is 9.78 Å². The number of alkyl halides is 2. The van der Waals surface area contributed by atoms with Crippen molar-refractivity contribution in [1.29, 1.82) is 0 Å². The van der Waals surface area contributed by atoms with Crippen LogP contribution in [-0.2, 0) is 6.54 Å². The third kappa shape index (κ3) is 3.26. The van der Waals surface area contributed by atoms with Crippen molar-refractivity contribution in [2.75, 3.05) is 5.73 Å². The van der Waals surface area contributed by atoms with Gasteiger partial charge >= 0.3 is 6.61 Å². The molecule has 0 aliphatic heterocycles. The predicted molar refractivity (Wildman–Crippen MR) is 73.5 cm³/mol. The van der Waals surface area contributed by atoms with E-state index in [1.54, 1.807) is 29.1 Å². The van der Waals surface area contributed by atoms with Crippen LogP contribution >= 0.6 is 0 Å². The van der Waals surface area contributed by atoms with Gasteiger partial charge in [-0.25, -0.2) is 0 Å². The maximum Gasteiger partial charge on any atom is 0.387 e. The van der Waals surface area contributed by atoms with Crippen LogP contribution in [0.1, 0.15) is 13.8 Å². The topological polar surface area (TPSA) is 53.1 Å². The number of nitrogen functional groups attached to an aromatic ring is 1. The highest BCUT2D eigenvalue weighted by Gasteiger charge is 2.16. The highest BCUT2D eigenvalue weighted by Crippen LogP contribution is 2.33. The van der Waals surface area contributed by atoms with Gasteiger partial charge in [-0.2, -0.15) is 13.9 Å². The number of hydrogen-bond acceptors (Lipinski definition) is 3. The van der Waals surface area contributed by atoms with Crippen LogP contribution in [0.15, 0.2) is 30.5 Å². The number of rotatable bonds is 5. The van der Waals surface area contributed by atoms with Crippen molar-refractivity contribution < 1.29 is 13.5 Å². The van der Waals surface area contributed by atoms with E-state index < -0.39 is 6.61 Å². The summed E-state index contributed by atoms with van der Waals surface area (Å²) in [4.78, 5) is 0. The largest absolute Gasteiger partial charge is 0.434 e. The molecule has 2 aromatic rings. The minimum absolute atomic E-state index is 0.0731. The molecule has 2 N–H and O–H groups in total. The van der Waals surface area contributed by atoms with Gasteiger partial charge in [-0.3, -0.25) is 4.68 Å². The molecule has 6 heteroatoms. The summed E-state index contributed by atoms with van der Waals surface area (Å²) in [5.41, 5.74) is 7.29. The maximum absolute atomic E-state index is 12.4. The quantitative estimate of drug-likeness (QED) is 0.914. The van der Waals surface area contributed by atoms with Crippen LogP contribution in [0.2, 0.25) is 0 Å². The molecule has 0 unspecified atom stereocenters. The molecule has 1 heterocycles. The van der Waals surface area contributed by atoms with E-state index in [0.29, 0.717) is 29.4 Å². The molecule has 0 saturated carbocycles. The molecule has 108 valence electrons. The predicted octanol–water partition coefficient (Wildman–Crippen LogP) is 3.39. The summed E-state index contributed by atoms with van der Waals surface area (Å²) in [6.45, 7) is 1.95. The molecule has 0 saturated heterocycles. The zero-order chi connectivity index (χ0) is 14.7. The molecule has 0 aliphatic rings. The first kappa shape index (κ1) is 14.3. The number of halogens is 2. The second kappa shape index (κ2) is 5.90. The normalized spacial score (nSPS) is 11.3. The minimum atomic E-state index is -2.88. The van der Waals surface area contributed by atoms with Crippen molar-refractivity contribution in [2.45, 2.75) is 27.0 Å². The van der Waals surface area contributed by atoms with Gasteiger partial charge in [0.2, 0.25) is 0 Å². The molecular weight excluding hydrogens is 264 g/mol. The van der Waals surface area contributed by atoms with Gasteiger partial charge in [-0.1, -0.05) is 26.0 Å². The molecule has 20 heavy (non-hydrogen) atoms. The summed E-state index contributed by atoms with van der Waals surface area (Å²) < 4.78 is 31.1. The Morgan fingerprint density at radius 3 is 2.65 bits per heavy atom. The molecular formula is C14H17F2N3O. The summed E-state index contributed by atoms with van der Waals surface area (Å²) >= 11 is 0. The number of nitrogens with two attached hydrogens (primary N) is 1. The van der Waals surface area contributed by atoms with Crippen LogP contribution in [0.4, 0.5) is 14.5 Å². The van der Waals surface area contributed by atoms with Crippen LogP contribution in [0.5, 0.6) is 5.75 Å². The Bertz CT molecular complexity index is 582. The number of para-hydroxylation sites is 1. The van der Waals surface area contributed by atoms with Crippen LogP contribution in [0.25, 0.3) is 11.3 Å². The molecule has 0 spiro atoms. The lowest BCUT2D eigenvalue weighted by Gasteiger charge is -2.09. The van der Waals surface area contributed by atoms with Crippen LogP contribution in [0, 0.1) is 5.92 Å². The van der Waals surface area contributed by atoms with E-state index in [1.807, 2.05) is 0 Å². The molecule has 0 amide bonds. The highest BCUT2D eigenvalue weighted by molar-refractivity contribution is 5.76. The van der Waals surface area contributed by atoms with Crippen molar-refractivity contribution in [2.24, 2.45) is 5.92 Å². The zero-order valence-corrected chi connectivity index (χ0v) is 11.4. The molecule has 0 radical (unpaired) electrons. The molecule has 0 atom stereocenters. The van der Waals surface area contributed by atoms with E-state index in [1.165, 1.54) is 6.07 Å². The number of anilines is 1. The molecule has 0 aliphatic carbocycles. The third-order valence-electron chi connectivity index (χ3n) is 2.70. The maximum atomic E-state index is 12.4. The number of nitrogens with zero attached hydrogens (tertiary/aromatic N) is 2. The Labute approximate surface area is 116 Å². The van der Waals surface area contributed by atoms with Gasteiger partial charge in [0.05, 0.1) is 5.69 Å². The van der Waals surface area contributed by atoms with Gasteiger partial charge in [0.1, 0.15) is 11.4 Å². The van der Waals surface area contributed by atoms with Gasteiger partial charge in [0.15, 0.2) is 0 Å². The summed E-state index contributed by atoms with van der Waals surface area (Å²) in [7, 11) is 0. The average Bonchev–Trinajstić information content (AvgIpc) is 2.69. The molecule has 0 fully saturated rings. The van der Waals surface area contributed by atoms with E-state index in [9.17, 15) is 8.78 Å². The smallest absolute Gasteiger partial charge is 0.387 e. The molecule has 2 rings (SSSR count). The minimum Gasteiger partial charge on any atom is -0.434 e. The van der Waals surface area contributed by atoms with Gasteiger partial charge in [0.25, 0.3) is 0 Å². The number of benzene rings is 1. The number of aromatic nitrogens is 2. The van der Waals surface area contributed by atoms with E-state index >= 15 is 0 Å². The first-order valence-electron chi connectivity index (χ1n) is 6.34. The summed E-state index contributed by atoms with van der Waals surface area (Å²) in [6, 6.07) is 6.50. The van der Waals surface area contributed by atoms with E-state index in [2.05, 4.69) is 23.7 Å². The average molecular weight is 281 g/mol. The SMILES string of the molecule is CC(C)Cn1cc(N)c(-c2ccccc2OC(F)F)n1. The Kier molecular flexibility index (Phi) is 4.22. The van der Waals surface area contributed by atoms with Gasteiger partial charge in [-0.15, -0.1) is 0 Å². The standard InChI is InChI=1S/C14H17F2N3O/c1-9(2)7-19-8-11(17)13(18-19)10-5-3-4-6-12(10)20-14(15)16/h3-6,8-9,14H,7,17H2,1-2H3. The van der Waals surface area contributed by atoms with Gasteiger partial charge < -0.3 is 10.5 Å². The van der Waals surface area contributed by atoms with E-state index in [0.717, 1.165) is 0 Å². The van der Waals surface area contributed by atoms with Gasteiger partial charge in [-0.05, 0) is 18.1 Å². The number of hydrogen-bond donors (Lipinski definition) is 1. The lowest BCUT2D eigenvalue weighted by Crippen LogP contribution is -2.05. The Hall–Kier alpha value is -2.11. The molecule has 0 bridgehead atoms. The second-order valence-corrected chi connectivity index (χ2v) is 4.92. The zero-order valence-electron chi connectivity index (χ0n) is 11.4. The summed E-state index contributed by atoms with van der Waals surface area (Å²) in [5, 5.41) is 4.35. The summed E-state index contributed by atoms with van der Waals surface area (Å²) in [6.07, 6.45) is 1.70. The first-order valence-corrected chi connectivity index (χ1v) is 6.34. The Balaban J connectivity index is 2.38. The van der Waals surface area contributed by atoms with E-state index in [-0.39, 0.29) is 5.75 Å². The fourth-order valence-corrected chi connectivity index (χ4v) is 1.97. The van der Waals surface area contributed by atoms with Crippen molar-refractivity contribution in [3.8, 4) is 17.0 Å². The van der Waals surface area contributed by atoms with Crippen molar-refractivity contribution in [3.05, 3.63) is 30.5 Å². The lowest BCUT2D eigenvalue weighted by molar-refractivity contribution is -0.0494. The molecule has 4 nitrogen and oxygen atoms in total. The van der Waals surface area contributed by atoms with E-state index in [4.69, 9.17) is 5.73 Å². The fraction of sp³-hybridized carbons (Fsp3) is 0.357.